The minimum Gasteiger partial charge on any atom is -0.461 e. The first-order valence-corrected chi connectivity index (χ1v) is 6.45. The van der Waals surface area contributed by atoms with Crippen LogP contribution in [0.25, 0.3) is 0 Å². The Morgan fingerprint density at radius 1 is 1.50 bits per heavy atom. The molecule has 1 aromatic rings. The lowest BCUT2D eigenvalue weighted by molar-refractivity contribution is 0.0505. The third-order valence-corrected chi connectivity index (χ3v) is 3.15. The van der Waals surface area contributed by atoms with Crippen molar-refractivity contribution in [1.82, 2.24) is 9.78 Å². The number of halogens is 2. The maximum absolute atomic E-state index is 11.6. The minimum atomic E-state index is -0.565. The summed E-state index contributed by atoms with van der Waals surface area (Å²) in [6.07, 6.45) is 0. The maximum Gasteiger partial charge on any atom is 0.358 e. The van der Waals surface area contributed by atoms with Crippen molar-refractivity contribution in [2.24, 2.45) is 0 Å². The quantitative estimate of drug-likeness (QED) is 0.618. The van der Waals surface area contributed by atoms with E-state index in [4.69, 9.17) is 4.74 Å². The van der Waals surface area contributed by atoms with Crippen LogP contribution >= 0.6 is 31.9 Å². The van der Waals surface area contributed by atoms with Gasteiger partial charge >= 0.3 is 5.97 Å². The highest BCUT2D eigenvalue weighted by atomic mass is 79.9. The molecule has 1 heterocycles. The van der Waals surface area contributed by atoms with E-state index in [0.717, 1.165) is 4.68 Å². The number of rotatable bonds is 3. The van der Waals surface area contributed by atoms with Gasteiger partial charge in [0.25, 0.3) is 0 Å². The monoisotopic (exact) mass is 352 g/mol. The van der Waals surface area contributed by atoms with Gasteiger partial charge in [-0.25, -0.2) is 4.79 Å². The Morgan fingerprint density at radius 2 is 2.12 bits per heavy atom. The fourth-order valence-electron chi connectivity index (χ4n) is 1.13. The first-order valence-electron chi connectivity index (χ1n) is 4.54. The molecule has 0 aromatic carbocycles. The zero-order valence-corrected chi connectivity index (χ0v) is 12.0. The van der Waals surface area contributed by atoms with Crippen LogP contribution in [0, 0.1) is 0 Å². The van der Waals surface area contributed by atoms with Gasteiger partial charge in [0.15, 0.2) is 5.69 Å². The largest absolute Gasteiger partial charge is 0.461 e. The van der Waals surface area contributed by atoms with Gasteiger partial charge in [-0.2, -0.15) is 9.78 Å². The summed E-state index contributed by atoms with van der Waals surface area (Å²) in [5.74, 6) is -0.903. The topological polar surface area (TPSA) is 61.2 Å². The van der Waals surface area contributed by atoms with Crippen molar-refractivity contribution in [3.8, 4) is 0 Å². The van der Waals surface area contributed by atoms with Gasteiger partial charge in [-0.1, -0.05) is 15.9 Å². The van der Waals surface area contributed by atoms with Crippen LogP contribution in [0.3, 0.4) is 0 Å². The average molecular weight is 354 g/mol. The van der Waals surface area contributed by atoms with Gasteiger partial charge in [-0.3, -0.25) is 4.79 Å². The van der Waals surface area contributed by atoms with Crippen LogP contribution in [0.4, 0.5) is 0 Å². The highest BCUT2D eigenvalue weighted by Crippen LogP contribution is 2.24. The van der Waals surface area contributed by atoms with Crippen molar-refractivity contribution in [1.29, 1.82) is 0 Å². The summed E-state index contributed by atoms with van der Waals surface area (Å²) in [7, 11) is 0. The van der Waals surface area contributed by atoms with Gasteiger partial charge in [0, 0.05) is 12.3 Å². The van der Waals surface area contributed by atoms with Crippen LogP contribution in [0.5, 0.6) is 0 Å². The van der Waals surface area contributed by atoms with E-state index >= 15 is 0 Å². The molecule has 16 heavy (non-hydrogen) atoms. The van der Waals surface area contributed by atoms with Gasteiger partial charge in [0.05, 0.1) is 16.8 Å². The normalized spacial score (nSPS) is 10.2. The molecule has 0 N–H and O–H groups in total. The van der Waals surface area contributed by atoms with Crippen LogP contribution in [0.15, 0.2) is 4.47 Å². The van der Waals surface area contributed by atoms with E-state index in [2.05, 4.69) is 37.0 Å². The van der Waals surface area contributed by atoms with E-state index in [1.165, 1.54) is 6.92 Å². The second-order valence-corrected chi connectivity index (χ2v) is 4.25. The molecule has 0 saturated heterocycles. The number of esters is 1. The SMILES string of the molecule is CCOC(=O)c1c(Br)c(CBr)nn1C(C)=O. The Hall–Kier alpha value is -0.690. The van der Waals surface area contributed by atoms with Gasteiger partial charge in [-0.05, 0) is 22.9 Å². The van der Waals surface area contributed by atoms with Gasteiger partial charge in [0.2, 0.25) is 5.91 Å². The number of nitrogens with zero attached hydrogens (tertiary/aromatic N) is 2. The lowest BCUT2D eigenvalue weighted by Crippen LogP contribution is -2.17. The van der Waals surface area contributed by atoms with E-state index in [1.807, 2.05) is 0 Å². The molecule has 0 aliphatic rings. The first kappa shape index (κ1) is 13.4. The third kappa shape index (κ3) is 2.52. The number of alkyl halides is 1. The smallest absolute Gasteiger partial charge is 0.358 e. The lowest BCUT2D eigenvalue weighted by Gasteiger charge is -2.03. The average Bonchev–Trinajstić information content (AvgIpc) is 2.55. The molecular formula is C9H10Br2N2O3. The Labute approximate surface area is 109 Å². The second kappa shape index (κ2) is 5.58. The maximum atomic E-state index is 11.6. The van der Waals surface area contributed by atoms with Crippen LogP contribution in [-0.2, 0) is 10.1 Å². The number of ether oxygens (including phenoxy) is 1. The Balaban J connectivity index is 3.28. The predicted octanol–water partition coefficient (Wildman–Crippen LogP) is 2.38. The summed E-state index contributed by atoms with van der Waals surface area (Å²) in [4.78, 5) is 23.0. The standard InChI is InChI=1S/C9H10Br2N2O3/c1-3-16-9(15)8-7(11)6(4-10)12-13(8)5(2)14/h3-4H2,1-2H3. The zero-order chi connectivity index (χ0) is 12.3. The van der Waals surface area contributed by atoms with E-state index < -0.39 is 5.97 Å². The third-order valence-electron chi connectivity index (χ3n) is 1.79. The first-order chi connectivity index (χ1) is 7.52. The van der Waals surface area contributed by atoms with Gasteiger partial charge < -0.3 is 4.74 Å². The molecule has 0 aliphatic carbocycles. The van der Waals surface area contributed by atoms with E-state index in [1.54, 1.807) is 6.92 Å². The number of carbonyl (C=O) groups excluding carboxylic acids is 2. The second-order valence-electron chi connectivity index (χ2n) is 2.89. The summed E-state index contributed by atoms with van der Waals surface area (Å²) in [6.45, 7) is 3.28. The molecule has 1 aromatic heterocycles. The van der Waals surface area contributed by atoms with Crippen molar-refractivity contribution in [2.75, 3.05) is 6.61 Å². The molecule has 0 atom stereocenters. The molecule has 0 spiro atoms. The molecule has 88 valence electrons. The van der Waals surface area contributed by atoms with Crippen molar-refractivity contribution in [3.05, 3.63) is 15.9 Å². The van der Waals surface area contributed by atoms with E-state index in [0.29, 0.717) is 15.5 Å². The highest BCUT2D eigenvalue weighted by molar-refractivity contribution is 9.10. The van der Waals surface area contributed by atoms with E-state index in [-0.39, 0.29) is 18.2 Å². The Kier molecular flexibility index (Phi) is 4.67. The molecule has 0 unspecified atom stereocenters. The fraction of sp³-hybridized carbons (Fsp3) is 0.444. The molecule has 7 heteroatoms. The summed E-state index contributed by atoms with van der Waals surface area (Å²) in [6, 6.07) is 0. The minimum absolute atomic E-state index is 0.129. The van der Waals surface area contributed by atoms with Crippen molar-refractivity contribution in [3.63, 3.8) is 0 Å². The Bertz CT molecular complexity index is 429. The molecule has 0 aliphatic heterocycles. The lowest BCUT2D eigenvalue weighted by atomic mass is 10.3. The van der Waals surface area contributed by atoms with Crippen LogP contribution in [-0.4, -0.2) is 28.3 Å². The molecule has 0 fully saturated rings. The highest BCUT2D eigenvalue weighted by Gasteiger charge is 2.24. The molecule has 1 rings (SSSR count). The van der Waals surface area contributed by atoms with Crippen LogP contribution in [0.1, 0.15) is 34.8 Å². The molecule has 5 nitrogen and oxygen atoms in total. The molecular weight excluding hydrogens is 344 g/mol. The van der Waals surface area contributed by atoms with Crippen molar-refractivity contribution < 1.29 is 14.3 Å². The Morgan fingerprint density at radius 3 is 2.56 bits per heavy atom. The van der Waals surface area contributed by atoms with Gasteiger partial charge in [-0.15, -0.1) is 0 Å². The molecule has 0 amide bonds. The predicted molar refractivity (Wildman–Crippen MR) is 64.8 cm³/mol. The molecule has 0 saturated carbocycles. The zero-order valence-electron chi connectivity index (χ0n) is 8.79. The van der Waals surface area contributed by atoms with Gasteiger partial charge in [0.1, 0.15) is 0 Å². The number of aromatic nitrogens is 2. The van der Waals surface area contributed by atoms with Crippen LogP contribution in [0.2, 0.25) is 0 Å². The number of hydrogen-bond donors (Lipinski definition) is 0. The summed E-state index contributed by atoms with van der Waals surface area (Å²) < 4.78 is 6.38. The van der Waals surface area contributed by atoms with Crippen molar-refractivity contribution >= 4 is 43.7 Å². The van der Waals surface area contributed by atoms with Crippen molar-refractivity contribution in [2.45, 2.75) is 19.2 Å². The number of carbonyl (C=O) groups is 2. The van der Waals surface area contributed by atoms with Crippen LogP contribution < -0.4 is 0 Å². The number of hydrogen-bond acceptors (Lipinski definition) is 4. The van der Waals surface area contributed by atoms with E-state index in [9.17, 15) is 9.59 Å². The summed E-state index contributed by atoms with van der Waals surface area (Å²) >= 11 is 6.46. The fourth-order valence-corrected chi connectivity index (χ4v) is 2.45. The summed E-state index contributed by atoms with van der Waals surface area (Å²) in [5, 5.41) is 4.45. The molecule has 0 bridgehead atoms. The molecule has 0 radical (unpaired) electrons. The summed E-state index contributed by atoms with van der Waals surface area (Å²) in [5.41, 5.74) is 0.710.